The minimum atomic E-state index is -0.465. The molecular weight excluding hydrogens is 415 g/mol. The Morgan fingerprint density at radius 3 is 2.73 bits per heavy atom. The molecule has 1 aromatic heterocycles. The molecule has 3 aromatic rings. The molecule has 0 radical (unpaired) electrons. The number of aromatic nitrogens is 2. The Labute approximate surface area is 193 Å². The molecule has 1 atom stereocenters. The first-order valence-corrected chi connectivity index (χ1v) is 12.0. The topological polar surface area (TPSA) is 41.4 Å². The Morgan fingerprint density at radius 2 is 1.97 bits per heavy atom. The van der Waals surface area contributed by atoms with Crippen LogP contribution in [0.4, 0.5) is 10.1 Å². The average Bonchev–Trinajstić information content (AvgIpc) is 3.60. The first kappa shape index (κ1) is 20.6. The van der Waals surface area contributed by atoms with Crippen LogP contribution >= 0.6 is 0 Å². The van der Waals surface area contributed by atoms with Crippen molar-refractivity contribution >= 4 is 11.6 Å². The zero-order chi connectivity index (χ0) is 22.6. The maximum Gasteiger partial charge on any atom is 0.239 e. The van der Waals surface area contributed by atoms with Gasteiger partial charge in [0.05, 0.1) is 18.2 Å². The van der Waals surface area contributed by atoms with Gasteiger partial charge in [-0.25, -0.2) is 4.39 Å². The van der Waals surface area contributed by atoms with Crippen LogP contribution in [-0.4, -0.2) is 39.7 Å². The maximum absolute atomic E-state index is 15.0. The van der Waals surface area contributed by atoms with Crippen molar-refractivity contribution in [1.82, 2.24) is 14.7 Å². The van der Waals surface area contributed by atoms with Gasteiger partial charge in [0, 0.05) is 42.6 Å². The molecule has 5 nitrogen and oxygen atoms in total. The number of amides is 1. The number of hydrogen-bond acceptors (Lipinski definition) is 3. The molecule has 3 aliphatic rings. The lowest BCUT2D eigenvalue weighted by Gasteiger charge is -2.27. The highest BCUT2D eigenvalue weighted by molar-refractivity contribution is 6.08. The molecule has 6 heteroatoms. The highest BCUT2D eigenvalue weighted by Crippen LogP contribution is 2.49. The largest absolute Gasteiger partial charge is 0.307 e. The highest BCUT2D eigenvalue weighted by Gasteiger charge is 2.55. The summed E-state index contributed by atoms with van der Waals surface area (Å²) in [6.45, 7) is 2.16. The van der Waals surface area contributed by atoms with E-state index in [1.807, 2.05) is 36.2 Å². The Hall–Kier alpha value is -2.99. The van der Waals surface area contributed by atoms with Crippen LogP contribution in [0.3, 0.4) is 0 Å². The molecular formula is C27H29FN4O. The van der Waals surface area contributed by atoms with Gasteiger partial charge in [-0.1, -0.05) is 43.2 Å². The molecule has 1 spiro atoms. The third-order valence-corrected chi connectivity index (χ3v) is 7.89. The second-order valence-electron chi connectivity index (χ2n) is 9.87. The summed E-state index contributed by atoms with van der Waals surface area (Å²) in [7, 11) is 1.82. The van der Waals surface area contributed by atoms with Gasteiger partial charge in [-0.3, -0.25) is 14.4 Å². The minimum absolute atomic E-state index is 0.168. The third-order valence-electron chi connectivity index (χ3n) is 7.89. The molecule has 6 rings (SSSR count). The molecule has 2 fully saturated rings. The zero-order valence-electron chi connectivity index (χ0n) is 19.0. The lowest BCUT2D eigenvalue weighted by molar-refractivity contribution is -0.123. The number of aryl methyl sites for hydroxylation is 1. The summed E-state index contributed by atoms with van der Waals surface area (Å²) in [5.74, 6) is -0.121. The first-order chi connectivity index (χ1) is 16.0. The van der Waals surface area contributed by atoms with E-state index in [0.717, 1.165) is 41.9 Å². The molecule has 1 saturated carbocycles. The molecule has 2 aromatic carbocycles. The predicted molar refractivity (Wildman–Crippen MR) is 126 cm³/mol. The number of rotatable bonds is 4. The van der Waals surface area contributed by atoms with Crippen LogP contribution in [0.2, 0.25) is 0 Å². The second kappa shape index (κ2) is 7.80. The lowest BCUT2D eigenvalue weighted by atomic mass is 9.81. The van der Waals surface area contributed by atoms with Crippen LogP contribution in [0.5, 0.6) is 0 Å². The van der Waals surface area contributed by atoms with Gasteiger partial charge in [-0.05, 0) is 49.1 Å². The molecule has 2 aliphatic heterocycles. The number of carbonyl (C=O) groups excluding carboxylic acids is 1. The minimum Gasteiger partial charge on any atom is -0.307 e. The van der Waals surface area contributed by atoms with E-state index in [4.69, 9.17) is 0 Å². The van der Waals surface area contributed by atoms with E-state index in [2.05, 4.69) is 16.1 Å². The summed E-state index contributed by atoms with van der Waals surface area (Å²) >= 11 is 0. The highest BCUT2D eigenvalue weighted by atomic mass is 19.1. The number of carbonyl (C=O) groups is 1. The van der Waals surface area contributed by atoms with Crippen LogP contribution in [0.25, 0.3) is 11.1 Å². The third kappa shape index (κ3) is 3.31. The van der Waals surface area contributed by atoms with E-state index in [9.17, 15) is 9.18 Å². The zero-order valence-corrected chi connectivity index (χ0v) is 19.0. The number of halogens is 1. The number of anilines is 1. The number of hydrogen-bond donors (Lipinski definition) is 0. The summed E-state index contributed by atoms with van der Waals surface area (Å²) in [6, 6.07) is 14.1. The number of fused-ring (bicyclic) bond motifs is 2. The fraction of sp³-hybridized carbons (Fsp3) is 0.407. The fourth-order valence-electron chi connectivity index (χ4n) is 6.20. The summed E-state index contributed by atoms with van der Waals surface area (Å²) in [4.78, 5) is 18.4. The molecule has 1 aliphatic carbocycles. The van der Waals surface area contributed by atoms with Crippen molar-refractivity contribution in [2.24, 2.45) is 7.05 Å². The van der Waals surface area contributed by atoms with Gasteiger partial charge >= 0.3 is 0 Å². The van der Waals surface area contributed by atoms with Crippen molar-refractivity contribution in [2.75, 3.05) is 18.0 Å². The van der Waals surface area contributed by atoms with Gasteiger partial charge in [-0.15, -0.1) is 0 Å². The molecule has 33 heavy (non-hydrogen) atoms. The van der Waals surface area contributed by atoms with E-state index in [1.54, 1.807) is 29.2 Å². The van der Waals surface area contributed by atoms with E-state index in [-0.39, 0.29) is 11.7 Å². The summed E-state index contributed by atoms with van der Waals surface area (Å²) < 4.78 is 16.6. The summed E-state index contributed by atoms with van der Waals surface area (Å²) in [5, 5.41) is 4.14. The molecule has 170 valence electrons. The van der Waals surface area contributed by atoms with Crippen molar-refractivity contribution in [3.8, 4) is 11.1 Å². The van der Waals surface area contributed by atoms with Crippen LogP contribution < -0.4 is 4.90 Å². The molecule has 0 bridgehead atoms. The Balaban J connectivity index is 1.29. The van der Waals surface area contributed by atoms with Crippen LogP contribution in [0, 0.1) is 5.82 Å². The van der Waals surface area contributed by atoms with Crippen LogP contribution in [0.1, 0.15) is 43.2 Å². The number of likely N-dealkylation sites (tertiary alicyclic amines) is 1. The first-order valence-electron chi connectivity index (χ1n) is 12.0. The quantitative estimate of drug-likeness (QED) is 0.588. The van der Waals surface area contributed by atoms with E-state index in [0.29, 0.717) is 18.2 Å². The van der Waals surface area contributed by atoms with E-state index < -0.39 is 5.41 Å². The SMILES string of the molecule is Cn1cc(-c2ccc(CN3C(=O)C4(CCN(C5CCCC5)C4)c4ccccc43)cc2F)cn1. The monoisotopic (exact) mass is 444 g/mol. The van der Waals surface area contributed by atoms with Gasteiger partial charge in [0.25, 0.3) is 0 Å². The van der Waals surface area contributed by atoms with Crippen molar-refractivity contribution < 1.29 is 9.18 Å². The number of para-hydroxylation sites is 1. The van der Waals surface area contributed by atoms with Gasteiger partial charge in [-0.2, -0.15) is 5.10 Å². The summed E-state index contributed by atoms with van der Waals surface area (Å²) in [5.41, 5.74) is 3.73. The van der Waals surface area contributed by atoms with Gasteiger partial charge in [0.1, 0.15) is 5.82 Å². The smallest absolute Gasteiger partial charge is 0.239 e. The maximum atomic E-state index is 15.0. The standard InChI is InChI=1S/C27H29FN4O/c1-30-17-20(15-29-30)22-11-10-19(14-24(22)28)16-32-25-9-5-4-8-23(25)27(26(32)33)12-13-31(18-27)21-6-2-3-7-21/h4-5,8-11,14-15,17,21H,2-3,6-7,12-13,16,18H2,1H3. The molecule has 1 amide bonds. The molecule has 0 N–H and O–H groups in total. The number of nitrogens with zero attached hydrogens (tertiary/aromatic N) is 4. The van der Waals surface area contributed by atoms with E-state index >= 15 is 0 Å². The lowest BCUT2D eigenvalue weighted by Crippen LogP contribution is -2.43. The van der Waals surface area contributed by atoms with Crippen molar-refractivity contribution in [3.05, 3.63) is 71.8 Å². The van der Waals surface area contributed by atoms with Gasteiger partial charge in [0.2, 0.25) is 5.91 Å². The van der Waals surface area contributed by atoms with Gasteiger partial charge < -0.3 is 4.90 Å². The van der Waals surface area contributed by atoms with Crippen molar-refractivity contribution in [2.45, 2.75) is 50.1 Å². The fourth-order valence-corrected chi connectivity index (χ4v) is 6.20. The van der Waals surface area contributed by atoms with Crippen LogP contribution in [0.15, 0.2) is 54.9 Å². The molecule has 3 heterocycles. The predicted octanol–water partition coefficient (Wildman–Crippen LogP) is 4.66. The van der Waals surface area contributed by atoms with Crippen molar-refractivity contribution in [1.29, 1.82) is 0 Å². The number of benzene rings is 2. The Morgan fingerprint density at radius 1 is 1.15 bits per heavy atom. The Bertz CT molecular complexity index is 1210. The van der Waals surface area contributed by atoms with Crippen molar-refractivity contribution in [3.63, 3.8) is 0 Å². The molecule has 1 saturated heterocycles. The summed E-state index contributed by atoms with van der Waals surface area (Å²) in [6.07, 6.45) is 9.42. The second-order valence-corrected chi connectivity index (χ2v) is 9.87. The average molecular weight is 445 g/mol. The van der Waals surface area contributed by atoms with Gasteiger partial charge in [0.15, 0.2) is 0 Å². The van der Waals surface area contributed by atoms with Crippen LogP contribution in [-0.2, 0) is 23.8 Å². The Kier molecular flexibility index (Phi) is 4.87. The van der Waals surface area contributed by atoms with E-state index in [1.165, 1.54) is 25.7 Å². The normalized spacial score (nSPS) is 23.2. The molecule has 1 unspecified atom stereocenters.